The van der Waals surface area contributed by atoms with E-state index in [0.717, 1.165) is 0 Å². The van der Waals surface area contributed by atoms with Crippen LogP contribution < -0.4 is 4.74 Å². The van der Waals surface area contributed by atoms with Crippen molar-refractivity contribution < 1.29 is 23.1 Å². The van der Waals surface area contributed by atoms with Crippen LogP contribution in [0.1, 0.15) is 21.5 Å². The minimum atomic E-state index is -3.65. The highest BCUT2D eigenvalue weighted by Crippen LogP contribution is 2.35. The molecular weight excluding hydrogens is 380 g/mol. The summed E-state index contributed by atoms with van der Waals surface area (Å²) in [7, 11) is -3.65. The first kappa shape index (κ1) is 18.1. The Morgan fingerprint density at radius 1 is 1.11 bits per heavy atom. The molecule has 0 amide bonds. The highest BCUT2D eigenvalue weighted by molar-refractivity contribution is 7.89. The van der Waals surface area contributed by atoms with Gasteiger partial charge >= 0.3 is 5.97 Å². The first-order valence-electron chi connectivity index (χ1n) is 8.47. The number of benzene rings is 2. The van der Waals surface area contributed by atoms with Gasteiger partial charge in [0.2, 0.25) is 10.0 Å². The van der Waals surface area contributed by atoms with Crippen LogP contribution in [0.3, 0.4) is 0 Å². The normalized spacial score (nSPS) is 15.1. The quantitative estimate of drug-likeness (QED) is 0.711. The molecule has 1 aliphatic heterocycles. The van der Waals surface area contributed by atoms with Gasteiger partial charge < -0.3 is 9.84 Å². The lowest BCUT2D eigenvalue weighted by atomic mass is 10.1. The largest absolute Gasteiger partial charge is 0.478 e. The predicted octanol–water partition coefficient (Wildman–Crippen LogP) is 3.28. The molecule has 0 bridgehead atoms. The van der Waals surface area contributed by atoms with Crippen LogP contribution in [0, 0.1) is 0 Å². The molecule has 142 valence electrons. The zero-order valence-corrected chi connectivity index (χ0v) is 15.5. The van der Waals surface area contributed by atoms with Crippen molar-refractivity contribution in [2.75, 3.05) is 0 Å². The number of hydrogen-bond donors (Lipinski definition) is 1. The van der Waals surface area contributed by atoms with Crippen LogP contribution in [-0.4, -0.2) is 28.8 Å². The van der Waals surface area contributed by atoms with E-state index in [0.29, 0.717) is 22.6 Å². The molecule has 0 unspecified atom stereocenters. The Bertz CT molecular complexity index is 1150. The Hall–Kier alpha value is -3.23. The topological polar surface area (TPSA) is 96.8 Å². The number of nitrogens with zero attached hydrogens (tertiary/aromatic N) is 2. The standard InChI is InChI=1S/C20H16N2O5S/c23-20(24)15-4-1-3-14(9-15)12-22-13-16-10-17(6-7-19(16)28(22,25)26)27-18-5-2-8-21-11-18/h1-11H,12-13H2,(H,23,24). The summed E-state index contributed by atoms with van der Waals surface area (Å²) in [5, 5.41) is 9.12. The Kier molecular flexibility index (Phi) is 4.58. The fraction of sp³-hybridized carbons (Fsp3) is 0.100. The van der Waals surface area contributed by atoms with Crippen molar-refractivity contribution in [3.05, 3.63) is 83.7 Å². The van der Waals surface area contributed by atoms with Gasteiger partial charge in [0.05, 0.1) is 16.7 Å². The molecule has 0 saturated heterocycles. The average Bonchev–Trinajstić information content (AvgIpc) is 2.92. The fourth-order valence-corrected chi connectivity index (χ4v) is 4.70. The van der Waals surface area contributed by atoms with Gasteiger partial charge in [-0.1, -0.05) is 12.1 Å². The van der Waals surface area contributed by atoms with E-state index < -0.39 is 16.0 Å². The molecule has 0 radical (unpaired) electrons. The molecule has 4 rings (SSSR count). The average molecular weight is 396 g/mol. The summed E-state index contributed by atoms with van der Waals surface area (Å²) in [6.07, 6.45) is 3.21. The second kappa shape index (κ2) is 7.06. The van der Waals surface area contributed by atoms with Crippen molar-refractivity contribution in [2.24, 2.45) is 0 Å². The second-order valence-corrected chi connectivity index (χ2v) is 8.25. The predicted molar refractivity (Wildman–Crippen MR) is 101 cm³/mol. The Labute approximate surface area is 161 Å². The Morgan fingerprint density at radius 3 is 2.71 bits per heavy atom. The van der Waals surface area contributed by atoms with Crippen molar-refractivity contribution in [1.82, 2.24) is 9.29 Å². The molecule has 1 aromatic heterocycles. The molecule has 0 spiro atoms. The van der Waals surface area contributed by atoms with Gasteiger partial charge in [0, 0.05) is 19.3 Å². The molecule has 0 saturated carbocycles. The van der Waals surface area contributed by atoms with Crippen LogP contribution in [0.25, 0.3) is 0 Å². The number of fused-ring (bicyclic) bond motifs is 1. The first-order chi connectivity index (χ1) is 13.4. The second-order valence-electron chi connectivity index (χ2n) is 6.34. The SMILES string of the molecule is O=C(O)c1cccc(CN2Cc3cc(Oc4cccnc4)ccc3S2(=O)=O)c1. The first-order valence-corrected chi connectivity index (χ1v) is 9.91. The molecule has 2 aromatic carbocycles. The number of ether oxygens (including phenoxy) is 1. The van der Waals surface area contributed by atoms with E-state index in [2.05, 4.69) is 4.98 Å². The summed E-state index contributed by atoms with van der Waals surface area (Å²) in [5.41, 5.74) is 1.37. The molecule has 1 N–H and O–H groups in total. The lowest BCUT2D eigenvalue weighted by molar-refractivity contribution is 0.0696. The summed E-state index contributed by atoms with van der Waals surface area (Å²) in [5.74, 6) is 0.0360. The zero-order chi connectivity index (χ0) is 19.7. The molecule has 2 heterocycles. The van der Waals surface area contributed by atoms with E-state index in [1.54, 1.807) is 48.8 Å². The molecule has 1 aliphatic rings. The maximum Gasteiger partial charge on any atom is 0.335 e. The van der Waals surface area contributed by atoms with E-state index in [-0.39, 0.29) is 23.5 Å². The van der Waals surface area contributed by atoms with Crippen LogP contribution in [0.2, 0.25) is 0 Å². The Balaban J connectivity index is 1.58. The van der Waals surface area contributed by atoms with Crippen molar-refractivity contribution >= 4 is 16.0 Å². The molecule has 3 aromatic rings. The van der Waals surface area contributed by atoms with Gasteiger partial charge in [0.15, 0.2) is 0 Å². The summed E-state index contributed by atoms with van der Waals surface area (Å²) in [4.78, 5) is 15.4. The van der Waals surface area contributed by atoms with Crippen LogP contribution in [0.15, 0.2) is 71.9 Å². The minimum Gasteiger partial charge on any atom is -0.478 e. The van der Waals surface area contributed by atoms with E-state index in [9.17, 15) is 13.2 Å². The third kappa shape index (κ3) is 3.47. The smallest absolute Gasteiger partial charge is 0.335 e. The lowest BCUT2D eigenvalue weighted by Crippen LogP contribution is -2.23. The molecular formula is C20H16N2O5S. The van der Waals surface area contributed by atoms with Crippen LogP contribution in [0.4, 0.5) is 0 Å². The third-order valence-electron chi connectivity index (χ3n) is 4.40. The van der Waals surface area contributed by atoms with Gasteiger partial charge in [0.1, 0.15) is 11.5 Å². The van der Waals surface area contributed by atoms with E-state index in [4.69, 9.17) is 9.84 Å². The monoisotopic (exact) mass is 396 g/mol. The van der Waals surface area contributed by atoms with Crippen molar-refractivity contribution in [3.63, 3.8) is 0 Å². The lowest BCUT2D eigenvalue weighted by Gasteiger charge is -2.14. The maximum atomic E-state index is 12.8. The number of carbonyl (C=O) groups is 1. The van der Waals surface area contributed by atoms with Crippen LogP contribution in [-0.2, 0) is 23.1 Å². The van der Waals surface area contributed by atoms with Gasteiger partial charge in [-0.3, -0.25) is 4.98 Å². The number of pyridine rings is 1. The molecule has 0 fully saturated rings. The number of aromatic carboxylic acids is 1. The Morgan fingerprint density at radius 2 is 1.96 bits per heavy atom. The van der Waals surface area contributed by atoms with Gasteiger partial charge in [-0.15, -0.1) is 0 Å². The fourth-order valence-electron chi connectivity index (χ4n) is 3.10. The molecule has 7 nitrogen and oxygen atoms in total. The molecule has 28 heavy (non-hydrogen) atoms. The zero-order valence-electron chi connectivity index (χ0n) is 14.6. The number of carboxylic acid groups (broad SMARTS) is 1. The summed E-state index contributed by atoms with van der Waals surface area (Å²) >= 11 is 0. The van der Waals surface area contributed by atoms with Crippen molar-refractivity contribution in [1.29, 1.82) is 0 Å². The van der Waals surface area contributed by atoms with Crippen LogP contribution in [0.5, 0.6) is 11.5 Å². The number of rotatable bonds is 5. The number of carboxylic acids is 1. The maximum absolute atomic E-state index is 12.8. The summed E-state index contributed by atoms with van der Waals surface area (Å²) < 4.78 is 32.7. The van der Waals surface area contributed by atoms with Gasteiger partial charge in [-0.25, -0.2) is 13.2 Å². The summed E-state index contributed by atoms with van der Waals surface area (Å²) in [6.45, 7) is 0.288. The van der Waals surface area contributed by atoms with Gasteiger partial charge in [-0.2, -0.15) is 4.31 Å². The molecule has 0 atom stereocenters. The molecule has 8 heteroatoms. The van der Waals surface area contributed by atoms with Crippen molar-refractivity contribution in [2.45, 2.75) is 18.0 Å². The number of hydrogen-bond acceptors (Lipinski definition) is 5. The third-order valence-corrected chi connectivity index (χ3v) is 6.29. The summed E-state index contributed by atoms with van der Waals surface area (Å²) in [6, 6.07) is 14.6. The number of sulfonamides is 1. The van der Waals surface area contributed by atoms with Crippen LogP contribution >= 0.6 is 0 Å². The van der Waals surface area contributed by atoms with Gasteiger partial charge in [0.25, 0.3) is 0 Å². The van der Waals surface area contributed by atoms with Crippen molar-refractivity contribution in [3.8, 4) is 11.5 Å². The number of aromatic nitrogens is 1. The molecule has 0 aliphatic carbocycles. The highest BCUT2D eigenvalue weighted by atomic mass is 32.2. The minimum absolute atomic E-state index is 0.0942. The van der Waals surface area contributed by atoms with E-state index >= 15 is 0 Å². The van der Waals surface area contributed by atoms with E-state index in [1.807, 2.05) is 0 Å². The van der Waals surface area contributed by atoms with E-state index in [1.165, 1.54) is 22.5 Å². The van der Waals surface area contributed by atoms with Gasteiger partial charge in [-0.05, 0) is 53.6 Å². The highest BCUT2D eigenvalue weighted by Gasteiger charge is 2.34.